The molecule has 0 aliphatic heterocycles. The van der Waals surface area contributed by atoms with Crippen molar-refractivity contribution >= 4 is 48.5 Å². The Morgan fingerprint density at radius 1 is 1.37 bits per heavy atom. The summed E-state index contributed by atoms with van der Waals surface area (Å²) in [6.45, 7) is -0.417. The van der Waals surface area contributed by atoms with E-state index >= 15 is 0 Å². The Labute approximate surface area is 163 Å². The summed E-state index contributed by atoms with van der Waals surface area (Å²) in [6.07, 6.45) is 3.02. The average molecular weight is 454 g/mol. The number of sulfonamides is 1. The molecule has 1 amide bonds. The highest BCUT2D eigenvalue weighted by molar-refractivity contribution is 9.10. The molecule has 0 saturated heterocycles. The number of rotatable bonds is 5. The van der Waals surface area contributed by atoms with E-state index in [2.05, 4.69) is 31.4 Å². The van der Waals surface area contributed by atoms with Crippen LogP contribution in [0.25, 0.3) is 10.9 Å². The van der Waals surface area contributed by atoms with Crippen molar-refractivity contribution in [1.82, 2.24) is 19.1 Å². The minimum atomic E-state index is -3.95. The van der Waals surface area contributed by atoms with Crippen molar-refractivity contribution in [3.05, 3.63) is 51.5 Å². The molecule has 3 aromatic rings. The Morgan fingerprint density at radius 3 is 2.81 bits per heavy atom. The molecular formula is C16H16BrN5O4S. The van der Waals surface area contributed by atoms with Crippen LogP contribution in [0.15, 0.2) is 50.8 Å². The van der Waals surface area contributed by atoms with Crippen LogP contribution in [0.5, 0.6) is 0 Å². The van der Waals surface area contributed by atoms with E-state index in [-0.39, 0.29) is 10.5 Å². The van der Waals surface area contributed by atoms with Crippen LogP contribution in [0.2, 0.25) is 0 Å². The van der Waals surface area contributed by atoms with Gasteiger partial charge in [0, 0.05) is 41.9 Å². The smallest absolute Gasteiger partial charge is 0.252 e. The van der Waals surface area contributed by atoms with Crippen LogP contribution in [-0.2, 0) is 21.9 Å². The number of fused-ring (bicyclic) bond motifs is 1. The number of carbonyl (C=O) groups excluding carboxylic acids is 1. The lowest BCUT2D eigenvalue weighted by Crippen LogP contribution is -2.35. The summed E-state index contributed by atoms with van der Waals surface area (Å²) in [6, 6.07) is 6.00. The molecule has 11 heteroatoms. The van der Waals surface area contributed by atoms with Crippen molar-refractivity contribution in [2.75, 3.05) is 18.9 Å². The maximum Gasteiger partial charge on any atom is 0.252 e. The Morgan fingerprint density at radius 2 is 2.11 bits per heavy atom. The van der Waals surface area contributed by atoms with Gasteiger partial charge in [0.1, 0.15) is 4.90 Å². The van der Waals surface area contributed by atoms with E-state index in [0.29, 0.717) is 21.1 Å². The van der Waals surface area contributed by atoms with Crippen LogP contribution >= 0.6 is 15.9 Å². The molecule has 0 radical (unpaired) electrons. The number of anilines is 1. The van der Waals surface area contributed by atoms with Gasteiger partial charge in [-0.2, -0.15) is 9.40 Å². The number of aryl methyl sites for hydroxylation is 1. The number of benzene rings is 1. The molecule has 0 fully saturated rings. The van der Waals surface area contributed by atoms with Crippen molar-refractivity contribution in [2.24, 2.45) is 7.05 Å². The third kappa shape index (κ3) is 3.94. The highest BCUT2D eigenvalue weighted by atomic mass is 79.9. The summed E-state index contributed by atoms with van der Waals surface area (Å²) >= 11 is 3.28. The third-order valence-corrected chi connectivity index (χ3v) is 6.21. The maximum atomic E-state index is 12.9. The minimum absolute atomic E-state index is 0.00764. The normalized spacial score (nSPS) is 11.9. The van der Waals surface area contributed by atoms with E-state index < -0.39 is 22.5 Å². The molecule has 27 heavy (non-hydrogen) atoms. The fourth-order valence-electron chi connectivity index (χ4n) is 2.48. The molecule has 0 aliphatic carbocycles. The Bertz CT molecular complexity index is 1180. The highest BCUT2D eigenvalue weighted by Gasteiger charge is 2.26. The van der Waals surface area contributed by atoms with E-state index in [4.69, 9.17) is 0 Å². The molecule has 1 aromatic carbocycles. The van der Waals surface area contributed by atoms with Gasteiger partial charge < -0.3 is 9.88 Å². The fourth-order valence-corrected chi connectivity index (χ4v) is 4.42. The summed E-state index contributed by atoms with van der Waals surface area (Å²) in [4.78, 5) is 23.8. The van der Waals surface area contributed by atoms with Gasteiger partial charge in [-0.25, -0.2) is 8.42 Å². The Hall–Kier alpha value is -2.50. The topological polar surface area (TPSA) is 117 Å². The second-order valence-electron chi connectivity index (χ2n) is 5.91. The number of hydrogen-bond donors (Lipinski definition) is 2. The van der Waals surface area contributed by atoms with Crippen LogP contribution in [-0.4, -0.2) is 47.0 Å². The van der Waals surface area contributed by atoms with Crippen LogP contribution in [0.4, 0.5) is 5.69 Å². The average Bonchev–Trinajstić information content (AvgIpc) is 3.05. The van der Waals surface area contributed by atoms with Gasteiger partial charge in [-0.05, 0) is 18.2 Å². The van der Waals surface area contributed by atoms with Gasteiger partial charge in [0.25, 0.3) is 5.56 Å². The second-order valence-corrected chi connectivity index (χ2v) is 8.84. The van der Waals surface area contributed by atoms with Crippen LogP contribution in [0.1, 0.15) is 0 Å². The standard InChI is InChI=1S/C16H16BrN5O4S/c1-21-4-3-12(7-15(21)24)19-14(23)9-22(2)27(25,26)13-6-11(17)5-10-8-18-20-16(10)13/h3-8H,9H2,1-2H3,(H,18,20)(H,19,23). The molecule has 142 valence electrons. The minimum Gasteiger partial charge on any atom is -0.325 e. The monoisotopic (exact) mass is 453 g/mol. The highest BCUT2D eigenvalue weighted by Crippen LogP contribution is 2.27. The van der Waals surface area contributed by atoms with Crippen molar-refractivity contribution in [3.63, 3.8) is 0 Å². The van der Waals surface area contributed by atoms with Gasteiger partial charge in [0.2, 0.25) is 15.9 Å². The quantitative estimate of drug-likeness (QED) is 0.603. The van der Waals surface area contributed by atoms with E-state index in [0.717, 1.165) is 4.31 Å². The molecule has 2 heterocycles. The van der Waals surface area contributed by atoms with Crippen molar-refractivity contribution in [1.29, 1.82) is 0 Å². The number of nitrogens with one attached hydrogen (secondary N) is 2. The first-order chi connectivity index (χ1) is 12.7. The first-order valence-corrected chi connectivity index (χ1v) is 9.97. The number of carbonyl (C=O) groups is 1. The van der Waals surface area contributed by atoms with Crippen molar-refractivity contribution < 1.29 is 13.2 Å². The van der Waals surface area contributed by atoms with E-state index in [1.165, 1.54) is 36.1 Å². The molecule has 0 spiro atoms. The Balaban J connectivity index is 1.82. The summed E-state index contributed by atoms with van der Waals surface area (Å²) < 4.78 is 28.7. The lowest BCUT2D eigenvalue weighted by Gasteiger charge is -2.17. The molecule has 0 atom stereocenters. The zero-order chi connectivity index (χ0) is 19.8. The van der Waals surface area contributed by atoms with Gasteiger partial charge in [0.05, 0.1) is 18.3 Å². The molecule has 0 bridgehead atoms. The predicted molar refractivity (Wildman–Crippen MR) is 104 cm³/mol. The first kappa shape index (κ1) is 19.3. The number of hydrogen-bond acceptors (Lipinski definition) is 5. The van der Waals surface area contributed by atoms with Crippen molar-refractivity contribution in [2.45, 2.75) is 4.90 Å². The molecule has 0 saturated carbocycles. The summed E-state index contributed by atoms with van der Waals surface area (Å²) in [7, 11) is -1.06. The number of H-pyrrole nitrogens is 1. The first-order valence-electron chi connectivity index (χ1n) is 7.74. The second kappa shape index (κ2) is 7.25. The van der Waals surface area contributed by atoms with Gasteiger partial charge in [-0.1, -0.05) is 15.9 Å². The van der Waals surface area contributed by atoms with Gasteiger partial charge in [-0.3, -0.25) is 14.7 Å². The predicted octanol–water partition coefficient (Wildman–Crippen LogP) is 1.28. The van der Waals surface area contributed by atoms with Crippen molar-refractivity contribution in [3.8, 4) is 0 Å². The number of likely N-dealkylation sites (N-methyl/N-ethyl adjacent to an activating group) is 1. The molecule has 2 N–H and O–H groups in total. The number of aromatic amines is 1. The zero-order valence-electron chi connectivity index (χ0n) is 14.4. The zero-order valence-corrected chi connectivity index (χ0v) is 16.8. The summed E-state index contributed by atoms with van der Waals surface area (Å²) in [5.41, 5.74) is 0.369. The van der Waals surface area contributed by atoms with Gasteiger partial charge in [-0.15, -0.1) is 0 Å². The summed E-state index contributed by atoms with van der Waals surface area (Å²) in [5.74, 6) is -0.565. The number of nitrogens with zero attached hydrogens (tertiary/aromatic N) is 3. The largest absolute Gasteiger partial charge is 0.325 e. The van der Waals surface area contributed by atoms with Crippen LogP contribution in [0.3, 0.4) is 0 Å². The number of pyridine rings is 1. The number of halogens is 1. The van der Waals surface area contributed by atoms with Crippen LogP contribution in [0, 0.1) is 0 Å². The van der Waals surface area contributed by atoms with Crippen LogP contribution < -0.4 is 10.9 Å². The number of aromatic nitrogens is 3. The van der Waals surface area contributed by atoms with Gasteiger partial charge in [0.15, 0.2) is 0 Å². The van der Waals surface area contributed by atoms with E-state index in [9.17, 15) is 18.0 Å². The molecule has 9 nitrogen and oxygen atoms in total. The lowest BCUT2D eigenvalue weighted by molar-refractivity contribution is -0.116. The van der Waals surface area contributed by atoms with E-state index in [1.807, 2.05) is 0 Å². The SMILES string of the molecule is CN(CC(=O)Nc1ccn(C)c(=O)c1)S(=O)(=O)c1cc(Br)cc2cn[nH]c12. The third-order valence-electron chi connectivity index (χ3n) is 3.92. The molecular weight excluding hydrogens is 438 g/mol. The summed E-state index contributed by atoms with van der Waals surface area (Å²) in [5, 5.41) is 9.68. The molecule has 0 aliphatic rings. The fraction of sp³-hybridized carbons (Fsp3) is 0.188. The molecule has 0 unspecified atom stereocenters. The lowest BCUT2D eigenvalue weighted by atomic mass is 10.3. The maximum absolute atomic E-state index is 12.9. The number of amides is 1. The molecule has 2 aromatic heterocycles. The van der Waals surface area contributed by atoms with E-state index in [1.54, 1.807) is 19.2 Å². The van der Waals surface area contributed by atoms with Gasteiger partial charge >= 0.3 is 0 Å². The Kier molecular flexibility index (Phi) is 5.18. The molecule has 3 rings (SSSR count).